The third-order valence-corrected chi connectivity index (χ3v) is 9.20. The molecule has 1 amide bonds. The summed E-state index contributed by atoms with van der Waals surface area (Å²) >= 11 is 0. The van der Waals surface area contributed by atoms with Crippen LogP contribution in [-0.2, 0) is 22.8 Å². The molecule has 0 aliphatic rings. The van der Waals surface area contributed by atoms with Gasteiger partial charge in [0.05, 0.1) is 19.2 Å². The fourth-order valence-electron chi connectivity index (χ4n) is 4.19. The van der Waals surface area contributed by atoms with Crippen LogP contribution in [0.4, 0.5) is 4.79 Å². The van der Waals surface area contributed by atoms with E-state index >= 15 is 0 Å². The molecule has 0 spiro atoms. The quantitative estimate of drug-likeness (QED) is 0.120. The first kappa shape index (κ1) is 34.0. The van der Waals surface area contributed by atoms with E-state index in [2.05, 4.69) is 5.32 Å². The Kier molecular flexibility index (Phi) is 16.4. The van der Waals surface area contributed by atoms with Crippen LogP contribution in [0.15, 0.2) is 54.6 Å². The number of hydrogen-bond acceptors (Lipinski definition) is 8. The highest BCUT2D eigenvalue weighted by atomic mass is 28.4. The molecule has 0 aliphatic carbocycles. The monoisotopic (exact) mass is 586 g/mol. The van der Waals surface area contributed by atoms with E-state index in [0.717, 1.165) is 54.2 Å². The van der Waals surface area contributed by atoms with Gasteiger partial charge in [-0.3, -0.25) is 0 Å². The predicted octanol–water partition coefficient (Wildman–Crippen LogP) is 5.22. The number of rotatable bonds is 21. The smallest absolute Gasteiger partial charge is 0.500 e. The summed E-state index contributed by atoms with van der Waals surface area (Å²) in [6.07, 6.45) is 6.46. The van der Waals surface area contributed by atoms with Crippen molar-refractivity contribution in [1.29, 1.82) is 0 Å². The number of nitrogens with one attached hydrogen (secondary N) is 1. The van der Waals surface area contributed by atoms with Gasteiger partial charge in [-0.1, -0.05) is 36.4 Å². The number of ether oxygens (including phenoxy) is 2. The van der Waals surface area contributed by atoms with Crippen molar-refractivity contribution in [2.45, 2.75) is 58.9 Å². The molecule has 0 atom stereocenters. The van der Waals surface area contributed by atoms with Crippen LogP contribution in [-0.4, -0.2) is 60.4 Å². The number of hydrogen-bond donors (Lipinski definition) is 1. The molecule has 0 aliphatic heterocycles. The summed E-state index contributed by atoms with van der Waals surface area (Å²) in [5.74, 6) is -0.423. The minimum atomic E-state index is -2.68. The Morgan fingerprint density at radius 3 is 2.12 bits per heavy atom. The van der Waals surface area contributed by atoms with E-state index in [1.807, 2.05) is 69.3 Å². The lowest BCUT2D eigenvalue weighted by molar-refractivity contribution is -0.297. The Morgan fingerprint density at radius 2 is 1.49 bits per heavy atom. The van der Waals surface area contributed by atoms with Crippen LogP contribution in [0, 0.1) is 0 Å². The molecule has 0 fully saturated rings. The van der Waals surface area contributed by atoms with Crippen LogP contribution < -0.4 is 15.2 Å². The van der Waals surface area contributed by atoms with Crippen molar-refractivity contribution in [3.63, 3.8) is 0 Å². The largest absolute Gasteiger partial charge is 0.545 e. The fourth-order valence-corrected chi connectivity index (χ4v) is 6.80. The zero-order valence-electron chi connectivity index (χ0n) is 24.5. The summed E-state index contributed by atoms with van der Waals surface area (Å²) in [5, 5.41) is 13.4. The molecule has 0 aromatic heterocycles. The molecular formula is C31H44NO8Si-. The van der Waals surface area contributed by atoms with Crippen LogP contribution >= 0.6 is 0 Å². The van der Waals surface area contributed by atoms with Crippen molar-refractivity contribution >= 4 is 26.9 Å². The second-order valence-corrected chi connectivity index (χ2v) is 11.9. The number of unbranched alkanes of at least 4 members (excludes halogenated alkanes) is 3. The van der Waals surface area contributed by atoms with Gasteiger partial charge >= 0.3 is 14.9 Å². The first-order chi connectivity index (χ1) is 19.9. The second-order valence-electron chi connectivity index (χ2n) is 9.21. The Balaban J connectivity index is 1.56. The molecule has 226 valence electrons. The normalized spacial score (nSPS) is 11.5. The molecule has 10 heteroatoms. The minimum absolute atomic E-state index is 0.383. The molecule has 0 radical (unpaired) electrons. The molecule has 2 aromatic rings. The van der Waals surface area contributed by atoms with E-state index in [-0.39, 0.29) is 0 Å². The second kappa shape index (κ2) is 19.8. The van der Waals surface area contributed by atoms with Crippen molar-refractivity contribution in [1.82, 2.24) is 5.32 Å². The summed E-state index contributed by atoms with van der Waals surface area (Å²) in [7, 11) is -2.68. The van der Waals surface area contributed by atoms with Crippen molar-refractivity contribution in [2.24, 2.45) is 0 Å². The third kappa shape index (κ3) is 13.8. The van der Waals surface area contributed by atoms with E-state index in [1.165, 1.54) is 6.08 Å². The maximum atomic E-state index is 12.0. The van der Waals surface area contributed by atoms with Gasteiger partial charge in [-0.2, -0.15) is 0 Å². The van der Waals surface area contributed by atoms with Gasteiger partial charge in [0.1, 0.15) is 5.75 Å². The van der Waals surface area contributed by atoms with E-state index in [4.69, 9.17) is 22.8 Å². The number of alkyl carbamates (subject to hydrolysis) is 1. The first-order valence-corrected chi connectivity index (χ1v) is 16.4. The topological polar surface area (TPSA) is 115 Å². The Morgan fingerprint density at radius 1 is 0.829 bits per heavy atom. The molecular weight excluding hydrogens is 542 g/mol. The summed E-state index contributed by atoms with van der Waals surface area (Å²) in [6.45, 7) is 8.86. The fraction of sp³-hybridized carbons (Fsp3) is 0.484. The maximum absolute atomic E-state index is 12.0. The zero-order valence-corrected chi connectivity index (χ0v) is 25.5. The van der Waals surface area contributed by atoms with Gasteiger partial charge in [-0.25, -0.2) is 4.79 Å². The molecule has 2 rings (SSSR count). The maximum Gasteiger partial charge on any atom is 0.500 e. The highest BCUT2D eigenvalue weighted by Crippen LogP contribution is 2.24. The first-order valence-electron chi connectivity index (χ1n) is 14.5. The van der Waals surface area contributed by atoms with Gasteiger partial charge < -0.3 is 38.0 Å². The highest BCUT2D eigenvalue weighted by Gasteiger charge is 2.39. The van der Waals surface area contributed by atoms with Gasteiger partial charge in [0.25, 0.3) is 0 Å². The average molecular weight is 587 g/mol. The lowest BCUT2D eigenvalue weighted by Crippen LogP contribution is -2.46. The number of carbonyl (C=O) groups is 2. The van der Waals surface area contributed by atoms with Crippen LogP contribution in [0.5, 0.6) is 5.75 Å². The van der Waals surface area contributed by atoms with Crippen molar-refractivity contribution in [3.05, 3.63) is 60.2 Å². The third-order valence-electron chi connectivity index (χ3n) is 6.05. The highest BCUT2D eigenvalue weighted by molar-refractivity contribution is 6.60. The van der Waals surface area contributed by atoms with Crippen molar-refractivity contribution in [2.75, 3.05) is 39.6 Å². The Hall–Kier alpha value is -3.18. The van der Waals surface area contributed by atoms with Crippen molar-refractivity contribution in [3.8, 4) is 16.9 Å². The molecule has 0 heterocycles. The zero-order chi connectivity index (χ0) is 29.8. The molecule has 1 N–H and O–H groups in total. The van der Waals surface area contributed by atoms with E-state index in [9.17, 15) is 14.7 Å². The van der Waals surface area contributed by atoms with Gasteiger partial charge in [0.15, 0.2) is 0 Å². The summed E-state index contributed by atoms with van der Waals surface area (Å²) in [6, 6.07) is 16.1. The summed E-state index contributed by atoms with van der Waals surface area (Å²) in [4.78, 5) is 22.6. The van der Waals surface area contributed by atoms with Crippen molar-refractivity contribution < 1.29 is 37.4 Å². The number of amides is 1. The van der Waals surface area contributed by atoms with Crippen LogP contribution in [0.1, 0.15) is 58.4 Å². The van der Waals surface area contributed by atoms with Crippen LogP contribution in [0.3, 0.4) is 0 Å². The average Bonchev–Trinajstić information content (AvgIpc) is 2.96. The molecule has 0 saturated carbocycles. The predicted molar refractivity (Wildman–Crippen MR) is 159 cm³/mol. The number of benzene rings is 2. The minimum Gasteiger partial charge on any atom is -0.545 e. The number of carbonyl (C=O) groups excluding carboxylic acids is 2. The van der Waals surface area contributed by atoms with Gasteiger partial charge in [0, 0.05) is 32.4 Å². The van der Waals surface area contributed by atoms with Gasteiger partial charge in [0.2, 0.25) is 0 Å². The van der Waals surface area contributed by atoms with E-state index < -0.39 is 20.9 Å². The molecule has 41 heavy (non-hydrogen) atoms. The molecule has 9 nitrogen and oxygen atoms in total. The van der Waals surface area contributed by atoms with Gasteiger partial charge in [-0.05, 0) is 93.8 Å². The number of carboxylic acid groups (broad SMARTS) is 1. The molecule has 0 saturated heterocycles. The standard InChI is InChI=1S/C31H45NO8Si/c1-4-38-41(39-5-2,40-6-3)24-12-21-32-31(35)37-23-10-8-7-9-22-36-29-18-16-27(17-19-29)28-14-11-13-26(25-28)15-20-30(33)34/h11,13-20,25H,4-10,12,21-24H2,1-3H3,(H,32,35)(H,33,34)/p-1/b20-15+. The SMILES string of the molecule is CCO[Si](CCCNC(=O)OCCCCCCOc1ccc(-c2cccc(/C=C/C(=O)[O-])c2)cc1)(OCC)OCC. The number of aliphatic carboxylic acids is 1. The Labute approximate surface area is 245 Å². The molecule has 0 unspecified atom stereocenters. The lowest BCUT2D eigenvalue weighted by Gasteiger charge is -2.28. The van der Waals surface area contributed by atoms with E-state index in [1.54, 1.807) is 0 Å². The summed E-state index contributed by atoms with van der Waals surface area (Å²) in [5.41, 5.74) is 2.79. The van der Waals surface area contributed by atoms with E-state index in [0.29, 0.717) is 52.0 Å². The summed E-state index contributed by atoms with van der Waals surface area (Å²) < 4.78 is 28.6. The number of carboxylic acids is 1. The van der Waals surface area contributed by atoms with Crippen LogP contribution in [0.2, 0.25) is 6.04 Å². The van der Waals surface area contributed by atoms with Crippen LogP contribution in [0.25, 0.3) is 17.2 Å². The Bertz CT molecular complexity index is 1040. The lowest BCUT2D eigenvalue weighted by atomic mass is 10.0. The van der Waals surface area contributed by atoms with Gasteiger partial charge in [-0.15, -0.1) is 0 Å². The molecule has 2 aromatic carbocycles. The molecule has 0 bridgehead atoms.